The Morgan fingerprint density at radius 2 is 1.94 bits per heavy atom. The molecule has 0 aliphatic rings. The average molecular weight is 560 g/mol. The number of carbonyl (C=O) groups excluding carboxylic acids is 1. The summed E-state index contributed by atoms with van der Waals surface area (Å²) in [7, 11) is 1.69. The van der Waals surface area contributed by atoms with E-state index in [0.717, 1.165) is 12.1 Å². The Balaban J connectivity index is 0.00000900. The Morgan fingerprint density at radius 3 is 2.48 bits per heavy atom. The van der Waals surface area contributed by atoms with E-state index in [2.05, 4.69) is 15.6 Å². The van der Waals surface area contributed by atoms with Crippen LogP contribution in [-0.4, -0.2) is 66.8 Å². The molecule has 1 atom stereocenters. The molecule has 0 saturated carbocycles. The Labute approximate surface area is 198 Å². The Hall–Kier alpha value is -1.76. The van der Waals surface area contributed by atoms with Gasteiger partial charge in [0, 0.05) is 19.1 Å². The summed E-state index contributed by atoms with van der Waals surface area (Å²) in [5.74, 6) is 0.249. The highest BCUT2D eigenvalue weighted by Crippen LogP contribution is 2.31. The van der Waals surface area contributed by atoms with E-state index in [1.165, 1.54) is 12.1 Å². The molecule has 1 aromatic carbocycles. The highest BCUT2D eigenvalue weighted by molar-refractivity contribution is 14.0. The minimum Gasteiger partial charge on any atom is -0.491 e. The van der Waals surface area contributed by atoms with Crippen LogP contribution in [0.25, 0.3) is 0 Å². The van der Waals surface area contributed by atoms with Crippen LogP contribution in [0.5, 0.6) is 5.75 Å². The topological polar surface area (TPSA) is 86.2 Å². The number of aliphatic hydroxyl groups is 1. The number of rotatable bonds is 8. The number of nitrogens with zero attached hydrogens (tertiary/aromatic N) is 2. The summed E-state index contributed by atoms with van der Waals surface area (Å²) in [5.41, 5.74) is -1.18. The number of benzene rings is 1. The second-order valence-electron chi connectivity index (χ2n) is 7.84. The second kappa shape index (κ2) is 12.9. The minimum absolute atomic E-state index is 0. The number of hydrogen-bond donors (Lipinski definition) is 3. The molecular weight excluding hydrogens is 528 g/mol. The number of likely N-dealkylation sites (N-methyl/N-ethyl adjacent to an activating group) is 1. The van der Waals surface area contributed by atoms with Crippen molar-refractivity contribution in [2.45, 2.75) is 45.5 Å². The van der Waals surface area contributed by atoms with Crippen LogP contribution in [0.3, 0.4) is 0 Å². The van der Waals surface area contributed by atoms with Gasteiger partial charge >= 0.3 is 6.18 Å². The molecule has 0 radical (unpaired) electrons. The van der Waals surface area contributed by atoms with Gasteiger partial charge in [0.05, 0.1) is 18.7 Å². The Kier molecular flexibility index (Phi) is 12.2. The summed E-state index contributed by atoms with van der Waals surface area (Å²) in [6.07, 6.45) is -5.50. The van der Waals surface area contributed by atoms with Gasteiger partial charge in [-0.25, -0.2) is 0 Å². The third-order valence-electron chi connectivity index (χ3n) is 3.65. The van der Waals surface area contributed by atoms with Crippen LogP contribution >= 0.6 is 24.0 Å². The van der Waals surface area contributed by atoms with Crippen molar-refractivity contribution in [1.29, 1.82) is 0 Å². The fourth-order valence-corrected chi connectivity index (χ4v) is 2.42. The number of carbonyl (C=O) groups is 1. The van der Waals surface area contributed by atoms with Gasteiger partial charge in [0.1, 0.15) is 18.5 Å². The van der Waals surface area contributed by atoms with Crippen molar-refractivity contribution >= 4 is 35.8 Å². The number of amides is 1. The average Bonchev–Trinajstić information content (AvgIpc) is 2.61. The lowest BCUT2D eigenvalue weighted by atomic mass is 10.1. The first-order valence-electron chi connectivity index (χ1n) is 9.60. The van der Waals surface area contributed by atoms with Gasteiger partial charge < -0.3 is 25.4 Å². The van der Waals surface area contributed by atoms with Crippen LogP contribution < -0.4 is 15.4 Å². The van der Waals surface area contributed by atoms with E-state index in [4.69, 9.17) is 4.74 Å². The standard InChI is InChI=1S/C20H31F3N4O3.HI/c1-6-24-18(27(5)12-17(29)26-19(2,3)4)25-11-15(28)13-30-16-9-7-8-14(10-16)20(21,22)23;/h7-10,15,28H,6,11-13H2,1-5H3,(H,24,25)(H,26,29);1H. The molecule has 1 unspecified atom stereocenters. The van der Waals surface area contributed by atoms with Crippen LogP contribution in [0.15, 0.2) is 29.3 Å². The van der Waals surface area contributed by atoms with E-state index in [1.54, 1.807) is 11.9 Å². The van der Waals surface area contributed by atoms with Crippen molar-refractivity contribution in [3.05, 3.63) is 29.8 Å². The minimum atomic E-state index is -4.47. The molecule has 0 spiro atoms. The molecule has 0 fully saturated rings. The van der Waals surface area contributed by atoms with Crippen LogP contribution in [0.1, 0.15) is 33.3 Å². The molecule has 0 aliphatic heterocycles. The highest BCUT2D eigenvalue weighted by atomic mass is 127. The predicted octanol–water partition coefficient (Wildman–Crippen LogP) is 2.88. The maximum Gasteiger partial charge on any atom is 0.416 e. The number of guanidine groups is 1. The lowest BCUT2D eigenvalue weighted by Crippen LogP contribution is -2.49. The van der Waals surface area contributed by atoms with E-state index >= 15 is 0 Å². The maximum atomic E-state index is 12.7. The summed E-state index contributed by atoms with van der Waals surface area (Å²) in [6, 6.07) is 4.45. The predicted molar refractivity (Wildman–Crippen MR) is 125 cm³/mol. The van der Waals surface area contributed by atoms with Gasteiger partial charge in [-0.15, -0.1) is 24.0 Å². The van der Waals surface area contributed by atoms with Crippen molar-refractivity contribution in [3.63, 3.8) is 0 Å². The van der Waals surface area contributed by atoms with Crippen LogP contribution in [0.4, 0.5) is 13.2 Å². The fraction of sp³-hybridized carbons (Fsp3) is 0.600. The van der Waals surface area contributed by atoms with Crippen molar-refractivity contribution in [1.82, 2.24) is 15.5 Å². The number of aliphatic imine (C=N–C) groups is 1. The van der Waals surface area contributed by atoms with Gasteiger partial charge in [-0.1, -0.05) is 6.07 Å². The number of nitrogens with one attached hydrogen (secondary N) is 2. The van der Waals surface area contributed by atoms with E-state index < -0.39 is 17.8 Å². The molecule has 11 heteroatoms. The van der Waals surface area contributed by atoms with Crippen molar-refractivity contribution in [3.8, 4) is 5.75 Å². The molecule has 0 bridgehead atoms. The molecule has 0 saturated heterocycles. The number of hydrogen-bond acceptors (Lipinski definition) is 4. The smallest absolute Gasteiger partial charge is 0.416 e. The van der Waals surface area contributed by atoms with Crippen molar-refractivity contribution in [2.75, 3.05) is 33.3 Å². The molecule has 0 heterocycles. The summed E-state index contributed by atoms with van der Waals surface area (Å²) < 4.78 is 43.5. The third kappa shape index (κ3) is 12.0. The van der Waals surface area contributed by atoms with E-state index in [0.29, 0.717) is 12.5 Å². The molecule has 1 aromatic rings. The lowest BCUT2D eigenvalue weighted by molar-refractivity contribution is -0.137. The van der Waals surface area contributed by atoms with Gasteiger partial charge in [-0.2, -0.15) is 13.2 Å². The quantitative estimate of drug-likeness (QED) is 0.259. The van der Waals surface area contributed by atoms with Crippen LogP contribution in [0.2, 0.25) is 0 Å². The molecular formula is C20H32F3IN4O3. The molecule has 7 nitrogen and oxygen atoms in total. The van der Waals surface area contributed by atoms with Crippen molar-refractivity contribution in [2.24, 2.45) is 4.99 Å². The highest BCUT2D eigenvalue weighted by Gasteiger charge is 2.30. The number of halogens is 4. The zero-order valence-electron chi connectivity index (χ0n) is 18.4. The molecule has 1 amide bonds. The SMILES string of the molecule is CCNC(=NCC(O)COc1cccc(C(F)(F)F)c1)N(C)CC(=O)NC(C)(C)C.I. The summed E-state index contributed by atoms with van der Waals surface area (Å²) in [4.78, 5) is 18.0. The zero-order chi connectivity index (χ0) is 22.9. The molecule has 0 aromatic heterocycles. The van der Waals surface area contributed by atoms with Gasteiger partial charge in [0.15, 0.2) is 5.96 Å². The van der Waals surface area contributed by atoms with E-state index in [9.17, 15) is 23.1 Å². The number of alkyl halides is 3. The largest absolute Gasteiger partial charge is 0.491 e. The van der Waals surface area contributed by atoms with Gasteiger partial charge in [0.2, 0.25) is 5.91 Å². The lowest BCUT2D eigenvalue weighted by Gasteiger charge is -2.25. The van der Waals surface area contributed by atoms with Gasteiger partial charge in [0.25, 0.3) is 0 Å². The van der Waals surface area contributed by atoms with Gasteiger partial charge in [-0.3, -0.25) is 9.79 Å². The molecule has 1 rings (SSSR count). The number of aliphatic hydroxyl groups excluding tert-OH is 1. The first-order valence-corrected chi connectivity index (χ1v) is 9.60. The zero-order valence-corrected chi connectivity index (χ0v) is 20.7. The van der Waals surface area contributed by atoms with Crippen LogP contribution in [-0.2, 0) is 11.0 Å². The second-order valence-corrected chi connectivity index (χ2v) is 7.84. The van der Waals surface area contributed by atoms with Gasteiger partial charge in [-0.05, 0) is 45.9 Å². The molecule has 3 N–H and O–H groups in total. The number of ether oxygens (including phenoxy) is 1. The van der Waals surface area contributed by atoms with E-state index in [-0.39, 0.29) is 60.9 Å². The maximum absolute atomic E-state index is 12.7. The molecule has 178 valence electrons. The molecule has 0 aliphatic carbocycles. The summed E-state index contributed by atoms with van der Waals surface area (Å²) >= 11 is 0. The Bertz CT molecular complexity index is 724. The van der Waals surface area contributed by atoms with E-state index in [1.807, 2.05) is 27.7 Å². The first-order chi connectivity index (χ1) is 13.8. The monoisotopic (exact) mass is 560 g/mol. The third-order valence-corrected chi connectivity index (χ3v) is 3.65. The Morgan fingerprint density at radius 1 is 1.29 bits per heavy atom. The van der Waals surface area contributed by atoms with Crippen molar-refractivity contribution < 1.29 is 27.8 Å². The molecule has 31 heavy (non-hydrogen) atoms. The summed E-state index contributed by atoms with van der Waals surface area (Å²) in [5, 5.41) is 16.0. The first kappa shape index (κ1) is 29.2. The fourth-order valence-electron chi connectivity index (χ4n) is 2.42. The normalized spacial score (nSPS) is 13.1. The van der Waals surface area contributed by atoms with Crippen LogP contribution in [0, 0.1) is 0 Å². The summed E-state index contributed by atoms with van der Waals surface area (Å²) in [6.45, 7) is 7.86.